The Bertz CT molecular complexity index is 1280. The van der Waals surface area contributed by atoms with Crippen LogP contribution in [-0.4, -0.2) is 57.2 Å². The molecular formula is C34H44N4O3S. The number of nitrogen functional groups attached to an aromatic ring is 1. The van der Waals surface area contributed by atoms with Crippen LogP contribution in [-0.2, 0) is 16.1 Å². The number of anilines is 2. The van der Waals surface area contributed by atoms with Crippen molar-refractivity contribution in [2.75, 3.05) is 58.0 Å². The quantitative estimate of drug-likeness (QED) is 0.0503. The summed E-state index contributed by atoms with van der Waals surface area (Å²) in [5.74, 6) is -0.0226. The molecule has 0 aliphatic rings. The van der Waals surface area contributed by atoms with E-state index in [4.69, 9.17) is 15.2 Å². The molecule has 0 spiro atoms. The zero-order valence-electron chi connectivity index (χ0n) is 25.0. The van der Waals surface area contributed by atoms with Crippen molar-refractivity contribution in [3.05, 3.63) is 108 Å². The Balaban J connectivity index is 1.51. The fraction of sp³-hybridized carbons (Fsp3) is 0.324. The smallest absolute Gasteiger partial charge is 0.338 e. The van der Waals surface area contributed by atoms with Crippen molar-refractivity contribution in [3.8, 4) is 0 Å². The van der Waals surface area contributed by atoms with Crippen LogP contribution in [0.25, 0.3) is 6.08 Å². The molecule has 1 unspecified atom stereocenters. The van der Waals surface area contributed by atoms with Crippen molar-refractivity contribution < 1.29 is 14.3 Å². The van der Waals surface area contributed by atoms with Gasteiger partial charge in [-0.2, -0.15) is 0 Å². The maximum absolute atomic E-state index is 12.6. The molecule has 0 fully saturated rings. The van der Waals surface area contributed by atoms with Crippen molar-refractivity contribution in [2.45, 2.75) is 30.8 Å². The van der Waals surface area contributed by atoms with Crippen molar-refractivity contribution in [2.24, 2.45) is 0 Å². The summed E-state index contributed by atoms with van der Waals surface area (Å²) < 4.78 is 13.0. The number of carbonyl (C=O) groups is 1. The summed E-state index contributed by atoms with van der Waals surface area (Å²) in [6.07, 6.45) is 6.72. The fourth-order valence-electron chi connectivity index (χ4n) is 4.57. The highest BCUT2D eigenvalue weighted by molar-refractivity contribution is 7.97. The molecule has 0 aromatic heterocycles. The molecule has 0 bridgehead atoms. The van der Waals surface area contributed by atoms with Crippen LogP contribution in [0.2, 0.25) is 0 Å². The third-order valence-electron chi connectivity index (χ3n) is 6.76. The van der Waals surface area contributed by atoms with Crippen molar-refractivity contribution in [1.82, 2.24) is 9.62 Å². The van der Waals surface area contributed by atoms with Gasteiger partial charge in [-0.3, -0.25) is 0 Å². The molecule has 0 saturated carbocycles. The minimum Gasteiger partial charge on any atom is -0.461 e. The lowest BCUT2D eigenvalue weighted by Crippen LogP contribution is -2.27. The van der Waals surface area contributed by atoms with Crippen molar-refractivity contribution in [3.63, 3.8) is 0 Å². The summed E-state index contributed by atoms with van der Waals surface area (Å²) >= 11 is 1.69. The Morgan fingerprint density at radius 2 is 1.86 bits per heavy atom. The normalized spacial score (nSPS) is 12.0. The van der Waals surface area contributed by atoms with Crippen LogP contribution in [0.1, 0.15) is 46.3 Å². The van der Waals surface area contributed by atoms with Gasteiger partial charge in [-0.05, 0) is 72.3 Å². The predicted octanol–water partition coefficient (Wildman–Crippen LogP) is 6.61. The van der Waals surface area contributed by atoms with Gasteiger partial charge in [0.25, 0.3) is 0 Å². The van der Waals surface area contributed by atoms with E-state index in [9.17, 15) is 4.79 Å². The number of carbonyl (C=O) groups excluding carboxylic acids is 1. The number of hydrogen-bond donors (Lipinski definition) is 3. The summed E-state index contributed by atoms with van der Waals surface area (Å²) in [5, 5.41) is 6.86. The van der Waals surface area contributed by atoms with Gasteiger partial charge in [0.15, 0.2) is 0 Å². The SMILES string of the molecule is C=C/C=C\c1c(C(C)CNCCCN(CCOC(=O)c2ccc(COC)cc2)Sc2ccccc2)ccc(N)c1NC. The van der Waals surface area contributed by atoms with Gasteiger partial charge in [0.1, 0.15) is 6.61 Å². The van der Waals surface area contributed by atoms with Crippen LogP contribution in [0, 0.1) is 0 Å². The van der Waals surface area contributed by atoms with E-state index in [0.717, 1.165) is 53.5 Å². The molecule has 0 aliphatic carbocycles. The summed E-state index contributed by atoms with van der Waals surface area (Å²) in [4.78, 5) is 13.7. The van der Waals surface area contributed by atoms with E-state index in [0.29, 0.717) is 31.2 Å². The topological polar surface area (TPSA) is 88.8 Å². The second-order valence-electron chi connectivity index (χ2n) is 9.94. The molecule has 0 radical (unpaired) electrons. The molecule has 7 nitrogen and oxygen atoms in total. The second-order valence-corrected chi connectivity index (χ2v) is 11.1. The van der Waals surface area contributed by atoms with Crippen LogP contribution < -0.4 is 16.4 Å². The number of allylic oxidation sites excluding steroid dienone is 2. The molecule has 3 aromatic rings. The van der Waals surface area contributed by atoms with E-state index in [-0.39, 0.29) is 5.97 Å². The van der Waals surface area contributed by atoms with E-state index in [1.807, 2.05) is 49.5 Å². The molecule has 1 atom stereocenters. The molecule has 0 saturated heterocycles. The minimum atomic E-state index is -0.314. The Morgan fingerprint density at radius 1 is 1.10 bits per heavy atom. The first-order chi connectivity index (χ1) is 20.5. The average molecular weight is 589 g/mol. The number of nitrogens with one attached hydrogen (secondary N) is 2. The van der Waals surface area contributed by atoms with Gasteiger partial charge in [0.05, 0.1) is 23.5 Å². The maximum atomic E-state index is 12.6. The van der Waals surface area contributed by atoms with E-state index in [1.165, 1.54) is 5.56 Å². The number of esters is 1. The van der Waals surface area contributed by atoms with E-state index in [2.05, 4.69) is 52.7 Å². The molecule has 0 amide bonds. The summed E-state index contributed by atoms with van der Waals surface area (Å²) in [6, 6.07) is 21.7. The summed E-state index contributed by atoms with van der Waals surface area (Å²) in [7, 11) is 3.54. The van der Waals surface area contributed by atoms with Crippen LogP contribution in [0.5, 0.6) is 0 Å². The summed E-state index contributed by atoms with van der Waals surface area (Å²) in [6.45, 7) is 10.0. The zero-order valence-corrected chi connectivity index (χ0v) is 25.8. The third kappa shape index (κ3) is 10.4. The highest BCUT2D eigenvalue weighted by atomic mass is 32.2. The van der Waals surface area contributed by atoms with Gasteiger partial charge in [-0.15, -0.1) is 0 Å². The van der Waals surface area contributed by atoms with Crippen LogP contribution >= 0.6 is 11.9 Å². The molecule has 8 heteroatoms. The number of nitrogens with zero attached hydrogens (tertiary/aromatic N) is 1. The van der Waals surface area contributed by atoms with E-state index >= 15 is 0 Å². The molecule has 0 aliphatic heterocycles. The van der Waals surface area contributed by atoms with Gasteiger partial charge in [-0.25, -0.2) is 9.10 Å². The lowest BCUT2D eigenvalue weighted by molar-refractivity contribution is 0.0491. The number of ether oxygens (including phenoxy) is 2. The highest BCUT2D eigenvalue weighted by Gasteiger charge is 2.15. The number of methoxy groups -OCH3 is 1. The molecule has 4 N–H and O–H groups in total. The van der Waals surface area contributed by atoms with Crippen LogP contribution in [0.15, 0.2) is 90.4 Å². The Kier molecular flexibility index (Phi) is 14.2. The first kappa shape index (κ1) is 32.9. The highest BCUT2D eigenvalue weighted by Crippen LogP contribution is 2.32. The van der Waals surface area contributed by atoms with Gasteiger partial charge in [-0.1, -0.05) is 68.1 Å². The lowest BCUT2D eigenvalue weighted by atomic mass is 9.93. The molecule has 42 heavy (non-hydrogen) atoms. The second kappa shape index (κ2) is 18.1. The van der Waals surface area contributed by atoms with Crippen molar-refractivity contribution in [1.29, 1.82) is 0 Å². The van der Waals surface area contributed by atoms with Gasteiger partial charge in [0.2, 0.25) is 0 Å². The Morgan fingerprint density at radius 3 is 2.55 bits per heavy atom. The largest absolute Gasteiger partial charge is 0.461 e. The first-order valence-corrected chi connectivity index (χ1v) is 15.1. The van der Waals surface area contributed by atoms with E-state index < -0.39 is 0 Å². The molecule has 0 heterocycles. The van der Waals surface area contributed by atoms with Crippen LogP contribution in [0.3, 0.4) is 0 Å². The molecule has 224 valence electrons. The molecule has 3 aromatic carbocycles. The summed E-state index contributed by atoms with van der Waals surface area (Å²) in [5.41, 5.74) is 11.8. The number of rotatable bonds is 18. The fourth-order valence-corrected chi connectivity index (χ4v) is 5.54. The minimum absolute atomic E-state index is 0.292. The third-order valence-corrected chi connectivity index (χ3v) is 7.86. The molecular weight excluding hydrogens is 544 g/mol. The van der Waals surface area contributed by atoms with Gasteiger partial charge >= 0.3 is 5.97 Å². The van der Waals surface area contributed by atoms with Crippen molar-refractivity contribution >= 4 is 35.4 Å². The van der Waals surface area contributed by atoms with Gasteiger partial charge in [0, 0.05) is 44.3 Å². The number of benzene rings is 3. The van der Waals surface area contributed by atoms with Gasteiger partial charge < -0.3 is 25.8 Å². The predicted molar refractivity (Wildman–Crippen MR) is 177 cm³/mol. The lowest BCUT2D eigenvalue weighted by Gasteiger charge is -2.22. The number of hydrogen-bond acceptors (Lipinski definition) is 8. The monoisotopic (exact) mass is 588 g/mol. The Hall–Kier alpha value is -3.56. The average Bonchev–Trinajstić information content (AvgIpc) is 3.00. The maximum Gasteiger partial charge on any atom is 0.338 e. The standard InChI is InChI=1S/C34H44N4O3S/c1-5-6-13-31-30(18-19-32(35)33(31)36-3)26(2)24-37-20-10-21-38(42-29-11-8-7-9-12-29)22-23-41-34(39)28-16-14-27(15-17-28)25-40-4/h5-9,11-19,26,36-37H,1,10,20-25,35H2,2-4H3/b13-6-. The first-order valence-electron chi connectivity index (χ1n) is 14.3. The van der Waals surface area contributed by atoms with Crippen LogP contribution in [0.4, 0.5) is 11.4 Å². The number of nitrogens with two attached hydrogens (primary N) is 1. The van der Waals surface area contributed by atoms with E-state index in [1.54, 1.807) is 37.3 Å². The Labute approximate surface area is 255 Å². The molecule has 3 rings (SSSR count). The zero-order chi connectivity index (χ0) is 30.2.